The maximum Gasteiger partial charge on any atom is 0.329 e. The van der Waals surface area contributed by atoms with E-state index in [4.69, 9.17) is 5.10 Å². The first-order valence-corrected chi connectivity index (χ1v) is 10.7. The monoisotopic (exact) mass is 435 g/mol. The molecule has 1 aromatic heterocycles. The van der Waals surface area contributed by atoms with Gasteiger partial charge in [0.15, 0.2) is 5.54 Å². The fourth-order valence-electron chi connectivity index (χ4n) is 5.14. The lowest BCUT2D eigenvalue weighted by atomic mass is 9.80. The van der Waals surface area contributed by atoms with Crippen LogP contribution in [0.5, 0.6) is 0 Å². The minimum atomic E-state index is -1.37. The summed E-state index contributed by atoms with van der Waals surface area (Å²) in [5.41, 5.74) is 2.94. The van der Waals surface area contributed by atoms with E-state index in [9.17, 15) is 9.59 Å². The van der Waals surface area contributed by atoms with Crippen molar-refractivity contribution in [1.82, 2.24) is 9.78 Å². The van der Waals surface area contributed by atoms with Crippen LogP contribution in [-0.4, -0.2) is 28.8 Å². The Morgan fingerprint density at radius 3 is 2.12 bits per heavy atom. The molecular weight excluding hydrogens is 414 g/mol. The highest BCUT2D eigenvalue weighted by molar-refractivity contribution is 6.21. The minimum absolute atomic E-state index is 0.195. The number of likely N-dealkylation sites (N-methyl/N-ethyl adjacent to an activating group) is 1. The predicted molar refractivity (Wildman–Crippen MR) is 127 cm³/mol. The summed E-state index contributed by atoms with van der Waals surface area (Å²) >= 11 is 0. The normalized spacial score (nSPS) is 19.0. The van der Waals surface area contributed by atoms with Gasteiger partial charge in [-0.25, -0.2) is 9.48 Å². The number of benzene rings is 3. The van der Waals surface area contributed by atoms with Gasteiger partial charge in [-0.1, -0.05) is 54.6 Å². The highest BCUT2D eigenvalue weighted by Crippen LogP contribution is 2.54. The minimum Gasteiger partial charge on any atom is -0.312 e. The molecule has 1 atom stereocenters. The summed E-state index contributed by atoms with van der Waals surface area (Å²) < 4.78 is 1.71. The number of carbonyl (C=O) groups excluding carboxylic acids is 2. The molecule has 2 aliphatic heterocycles. The van der Waals surface area contributed by atoms with Gasteiger partial charge < -0.3 is 4.90 Å². The van der Waals surface area contributed by atoms with Crippen LogP contribution in [0.25, 0.3) is 5.69 Å². The van der Waals surface area contributed by atoms with Crippen LogP contribution in [0.3, 0.4) is 0 Å². The quantitative estimate of drug-likeness (QED) is 0.506. The molecule has 7 heteroatoms. The maximum absolute atomic E-state index is 14.2. The van der Waals surface area contributed by atoms with Gasteiger partial charge >= 0.3 is 6.03 Å². The summed E-state index contributed by atoms with van der Waals surface area (Å²) in [7, 11) is 1.75. The summed E-state index contributed by atoms with van der Waals surface area (Å²) in [4.78, 5) is 31.2. The van der Waals surface area contributed by atoms with Crippen LogP contribution in [-0.2, 0) is 10.3 Å². The Labute approximate surface area is 190 Å². The molecule has 3 amide bonds. The molecule has 0 saturated heterocycles. The lowest BCUT2D eigenvalue weighted by molar-refractivity contribution is -0.121. The summed E-state index contributed by atoms with van der Waals surface area (Å²) in [6, 6.07) is 26.2. The van der Waals surface area contributed by atoms with E-state index in [0.29, 0.717) is 22.8 Å². The van der Waals surface area contributed by atoms with Crippen molar-refractivity contribution in [3.8, 4) is 5.69 Å². The van der Waals surface area contributed by atoms with Crippen LogP contribution in [0, 0.1) is 6.92 Å². The number of para-hydroxylation sites is 3. The number of anilines is 3. The van der Waals surface area contributed by atoms with Crippen molar-refractivity contribution >= 4 is 29.1 Å². The van der Waals surface area contributed by atoms with Gasteiger partial charge in [0.2, 0.25) is 0 Å². The van der Waals surface area contributed by atoms with Crippen LogP contribution in [0.2, 0.25) is 0 Å². The van der Waals surface area contributed by atoms with E-state index >= 15 is 0 Å². The van der Waals surface area contributed by atoms with Crippen molar-refractivity contribution in [3.63, 3.8) is 0 Å². The van der Waals surface area contributed by atoms with Crippen molar-refractivity contribution in [2.75, 3.05) is 22.2 Å². The van der Waals surface area contributed by atoms with Crippen molar-refractivity contribution in [2.24, 2.45) is 0 Å². The number of nitrogens with one attached hydrogen (secondary N) is 1. The van der Waals surface area contributed by atoms with E-state index in [-0.39, 0.29) is 11.9 Å². The fraction of sp³-hybridized carbons (Fsp3) is 0.115. The molecule has 162 valence electrons. The van der Waals surface area contributed by atoms with Crippen LogP contribution >= 0.6 is 0 Å². The zero-order chi connectivity index (χ0) is 22.7. The lowest BCUT2D eigenvalue weighted by Gasteiger charge is -2.43. The highest BCUT2D eigenvalue weighted by Gasteiger charge is 2.62. The summed E-state index contributed by atoms with van der Waals surface area (Å²) in [5.74, 6) is 0.314. The van der Waals surface area contributed by atoms with Crippen LogP contribution in [0.15, 0.2) is 84.9 Å². The van der Waals surface area contributed by atoms with Gasteiger partial charge in [0.05, 0.1) is 16.9 Å². The first-order chi connectivity index (χ1) is 16.0. The van der Waals surface area contributed by atoms with Crippen molar-refractivity contribution in [3.05, 3.63) is 102 Å². The van der Waals surface area contributed by atoms with Crippen molar-refractivity contribution < 1.29 is 9.59 Å². The summed E-state index contributed by atoms with van der Waals surface area (Å²) in [6.07, 6.45) is 0. The number of urea groups is 1. The molecule has 0 saturated carbocycles. The molecule has 1 N–H and O–H groups in total. The Morgan fingerprint density at radius 2 is 1.42 bits per heavy atom. The smallest absolute Gasteiger partial charge is 0.312 e. The number of hydrogen-bond acceptors (Lipinski definition) is 3. The average molecular weight is 435 g/mol. The Morgan fingerprint density at radius 1 is 0.818 bits per heavy atom. The average Bonchev–Trinajstić information content (AvgIpc) is 3.29. The molecular formula is C26H21N5O2. The molecule has 4 aromatic rings. The number of rotatable bonds is 2. The topological polar surface area (TPSA) is 70.5 Å². The number of amides is 3. The van der Waals surface area contributed by atoms with Crippen LogP contribution in [0.4, 0.5) is 22.0 Å². The number of fused-ring (bicyclic) bond motifs is 4. The predicted octanol–water partition coefficient (Wildman–Crippen LogP) is 4.45. The zero-order valence-electron chi connectivity index (χ0n) is 18.2. The van der Waals surface area contributed by atoms with E-state index < -0.39 is 5.54 Å². The third-order valence-electron chi connectivity index (χ3n) is 6.47. The second-order valence-corrected chi connectivity index (χ2v) is 8.25. The Kier molecular flexibility index (Phi) is 3.98. The number of hydrogen-bond donors (Lipinski definition) is 1. The van der Waals surface area contributed by atoms with E-state index in [1.165, 1.54) is 0 Å². The third kappa shape index (κ3) is 2.41. The third-order valence-corrected chi connectivity index (χ3v) is 6.47. The summed E-state index contributed by atoms with van der Waals surface area (Å²) in [5, 5.41) is 7.81. The molecule has 2 aliphatic rings. The largest absolute Gasteiger partial charge is 0.329 e. The SMILES string of the molecule is Cc1nn(-c2ccccc2)c2c1[C@]1(C(=O)N(C)c3ccccc31)N(c1ccccc1)C(=O)N2. The highest BCUT2D eigenvalue weighted by atomic mass is 16.2. The van der Waals surface area contributed by atoms with Crippen molar-refractivity contribution in [2.45, 2.75) is 12.5 Å². The molecule has 33 heavy (non-hydrogen) atoms. The van der Waals surface area contributed by atoms with Gasteiger partial charge in [-0.15, -0.1) is 0 Å². The number of nitrogens with zero attached hydrogens (tertiary/aromatic N) is 4. The molecule has 0 unspecified atom stereocenters. The van der Waals surface area contributed by atoms with Gasteiger partial charge in [-0.3, -0.25) is 15.0 Å². The van der Waals surface area contributed by atoms with Gasteiger partial charge in [-0.2, -0.15) is 5.10 Å². The number of carbonyl (C=O) groups is 2. The lowest BCUT2D eigenvalue weighted by Crippen LogP contribution is -2.60. The van der Waals surface area contributed by atoms with E-state index in [1.54, 1.807) is 21.5 Å². The Hall–Kier alpha value is -4.39. The second kappa shape index (κ2) is 6.80. The molecule has 0 fully saturated rings. The molecule has 0 bridgehead atoms. The van der Waals surface area contributed by atoms with E-state index in [2.05, 4.69) is 5.32 Å². The molecule has 3 heterocycles. The number of aromatic nitrogens is 2. The maximum atomic E-state index is 14.2. The molecule has 7 nitrogen and oxygen atoms in total. The van der Waals surface area contributed by atoms with Crippen LogP contribution < -0.4 is 15.1 Å². The first-order valence-electron chi connectivity index (χ1n) is 10.7. The van der Waals surface area contributed by atoms with Gasteiger partial charge in [0.25, 0.3) is 5.91 Å². The Bertz CT molecular complexity index is 1410. The van der Waals surface area contributed by atoms with Crippen LogP contribution in [0.1, 0.15) is 16.8 Å². The van der Waals surface area contributed by atoms with Gasteiger partial charge in [-0.05, 0) is 37.3 Å². The standard InChI is InChI=1S/C26H21N5O2/c1-17-22-23(31(28-17)19-13-7-4-8-14-19)27-25(33)30(18-11-5-3-6-12-18)26(22)20-15-9-10-16-21(20)29(2)24(26)32/h3-16H,1-2H3,(H,27,33)/t26-/m1/s1. The molecule has 3 aromatic carbocycles. The Balaban J connectivity index is 1.74. The van der Waals surface area contributed by atoms with Gasteiger partial charge in [0.1, 0.15) is 5.82 Å². The van der Waals surface area contributed by atoms with Gasteiger partial charge in [0, 0.05) is 24.0 Å². The number of aryl methyl sites for hydroxylation is 1. The van der Waals surface area contributed by atoms with E-state index in [1.807, 2.05) is 91.9 Å². The first kappa shape index (κ1) is 19.3. The molecule has 1 spiro atoms. The molecule has 0 aliphatic carbocycles. The summed E-state index contributed by atoms with van der Waals surface area (Å²) in [6.45, 7) is 1.88. The zero-order valence-corrected chi connectivity index (χ0v) is 18.2. The fourth-order valence-corrected chi connectivity index (χ4v) is 5.14. The molecule has 0 radical (unpaired) electrons. The van der Waals surface area contributed by atoms with E-state index in [0.717, 1.165) is 16.9 Å². The second-order valence-electron chi connectivity index (χ2n) is 8.25. The van der Waals surface area contributed by atoms with Crippen molar-refractivity contribution in [1.29, 1.82) is 0 Å². The molecule has 6 rings (SSSR count).